The fourth-order valence-electron chi connectivity index (χ4n) is 4.75. The number of rotatable bonds is 3. The molecule has 2 heterocycles. The molecule has 1 saturated carbocycles. The van der Waals surface area contributed by atoms with Crippen LogP contribution in [-0.2, 0) is 9.53 Å². The quantitative estimate of drug-likeness (QED) is 0.883. The van der Waals surface area contributed by atoms with E-state index in [9.17, 15) is 14.7 Å². The summed E-state index contributed by atoms with van der Waals surface area (Å²) < 4.78 is 5.82. The molecule has 0 bridgehead atoms. The first-order chi connectivity index (χ1) is 12.1. The molecule has 6 nitrogen and oxygen atoms in total. The van der Waals surface area contributed by atoms with Crippen LogP contribution in [0.4, 0.5) is 4.79 Å². The monoisotopic (exact) mass is 344 g/mol. The number of nitrogens with one attached hydrogen (secondary N) is 1. The number of carboxylic acid groups (broad SMARTS) is 1. The Balaban J connectivity index is 1.43. The fraction of sp³-hybridized carbons (Fsp3) is 0.579. The predicted molar refractivity (Wildman–Crippen MR) is 91.1 cm³/mol. The molecular weight excluding hydrogens is 320 g/mol. The topological polar surface area (TPSA) is 78.9 Å². The summed E-state index contributed by atoms with van der Waals surface area (Å²) >= 11 is 0. The molecule has 1 aromatic carbocycles. The van der Waals surface area contributed by atoms with Crippen molar-refractivity contribution in [2.24, 2.45) is 11.3 Å². The number of hydrogen-bond acceptors (Lipinski definition) is 3. The zero-order valence-electron chi connectivity index (χ0n) is 14.2. The summed E-state index contributed by atoms with van der Waals surface area (Å²) in [5, 5.41) is 12.8. The zero-order valence-corrected chi connectivity index (χ0v) is 14.2. The van der Waals surface area contributed by atoms with Crippen molar-refractivity contribution in [2.75, 3.05) is 19.7 Å². The van der Waals surface area contributed by atoms with Crippen LogP contribution in [0.25, 0.3) is 0 Å². The van der Waals surface area contributed by atoms with Crippen LogP contribution < -0.4 is 5.32 Å². The van der Waals surface area contributed by atoms with Crippen molar-refractivity contribution < 1.29 is 19.4 Å². The van der Waals surface area contributed by atoms with E-state index in [-0.39, 0.29) is 24.1 Å². The number of hydrogen-bond donors (Lipinski definition) is 2. The molecule has 2 saturated heterocycles. The number of urea groups is 1. The number of nitrogens with zero attached hydrogens (tertiary/aromatic N) is 1. The first kappa shape index (κ1) is 16.4. The number of benzene rings is 1. The van der Waals surface area contributed by atoms with E-state index in [1.165, 1.54) is 0 Å². The van der Waals surface area contributed by atoms with Gasteiger partial charge < -0.3 is 20.1 Å². The molecule has 4 atom stereocenters. The normalized spacial score (nSPS) is 34.1. The van der Waals surface area contributed by atoms with E-state index in [1.54, 1.807) is 4.90 Å². The van der Waals surface area contributed by atoms with Crippen LogP contribution in [0.2, 0.25) is 0 Å². The first-order valence-electron chi connectivity index (χ1n) is 9.05. The molecule has 2 amide bonds. The maximum absolute atomic E-state index is 12.7. The SMILES string of the molecule is O=C(NC1CCOC1c1ccccc1)N1C[C@@H]2CCC[C@@]2(C(=O)O)C1. The first-order valence-corrected chi connectivity index (χ1v) is 9.05. The number of ether oxygens (including phenoxy) is 1. The van der Waals surface area contributed by atoms with Crippen LogP contribution >= 0.6 is 0 Å². The van der Waals surface area contributed by atoms with Crippen molar-refractivity contribution in [3.63, 3.8) is 0 Å². The molecule has 2 N–H and O–H groups in total. The van der Waals surface area contributed by atoms with Crippen molar-refractivity contribution in [2.45, 2.75) is 37.8 Å². The van der Waals surface area contributed by atoms with Crippen LogP contribution in [-0.4, -0.2) is 47.7 Å². The standard InChI is InChI=1S/C19H24N2O4/c22-17(23)19-9-4-7-14(19)11-21(12-19)18(24)20-15-8-10-25-16(15)13-5-2-1-3-6-13/h1-3,5-6,14-16H,4,7-12H2,(H,20,24)(H,22,23)/t14-,15?,16?,19+/m0/s1. The van der Waals surface area contributed by atoms with Gasteiger partial charge in [0.1, 0.15) is 6.10 Å². The summed E-state index contributed by atoms with van der Waals surface area (Å²) in [5.41, 5.74) is 0.327. The molecule has 0 radical (unpaired) electrons. The highest BCUT2D eigenvalue weighted by atomic mass is 16.5. The molecule has 0 aromatic heterocycles. The van der Waals surface area contributed by atoms with Gasteiger partial charge in [0.2, 0.25) is 0 Å². The third-order valence-corrected chi connectivity index (χ3v) is 6.11. The van der Waals surface area contributed by atoms with Crippen LogP contribution in [0.3, 0.4) is 0 Å². The van der Waals surface area contributed by atoms with Crippen molar-refractivity contribution in [1.82, 2.24) is 10.2 Å². The lowest BCUT2D eigenvalue weighted by molar-refractivity contribution is -0.149. The van der Waals surface area contributed by atoms with Crippen molar-refractivity contribution in [3.8, 4) is 0 Å². The van der Waals surface area contributed by atoms with Crippen LogP contribution in [0, 0.1) is 11.3 Å². The summed E-state index contributed by atoms with van der Waals surface area (Å²) in [5.74, 6) is -0.669. The summed E-state index contributed by atoms with van der Waals surface area (Å²) in [6.07, 6.45) is 3.15. The maximum atomic E-state index is 12.7. The zero-order chi connectivity index (χ0) is 17.4. The Kier molecular flexibility index (Phi) is 4.15. The van der Waals surface area contributed by atoms with Crippen LogP contribution in [0.15, 0.2) is 30.3 Å². The second kappa shape index (κ2) is 6.33. The van der Waals surface area contributed by atoms with E-state index >= 15 is 0 Å². The van der Waals surface area contributed by atoms with Gasteiger partial charge in [0.05, 0.1) is 11.5 Å². The molecule has 3 aliphatic rings. The molecule has 2 unspecified atom stereocenters. The number of likely N-dealkylation sites (tertiary alicyclic amines) is 1. The lowest BCUT2D eigenvalue weighted by Crippen LogP contribution is -2.46. The smallest absolute Gasteiger partial charge is 0.317 e. The van der Waals surface area contributed by atoms with Crippen molar-refractivity contribution in [1.29, 1.82) is 0 Å². The summed E-state index contributed by atoms with van der Waals surface area (Å²) in [7, 11) is 0. The Morgan fingerprint density at radius 1 is 1.24 bits per heavy atom. The highest BCUT2D eigenvalue weighted by Crippen LogP contribution is 2.48. The Morgan fingerprint density at radius 2 is 2.04 bits per heavy atom. The van der Waals surface area contributed by atoms with Gasteiger partial charge in [-0.25, -0.2) is 4.79 Å². The van der Waals surface area contributed by atoms with Gasteiger partial charge in [0.15, 0.2) is 0 Å². The molecule has 0 spiro atoms. The van der Waals surface area contributed by atoms with E-state index in [2.05, 4.69) is 5.32 Å². The number of aliphatic carboxylic acids is 1. The van der Waals surface area contributed by atoms with E-state index in [1.807, 2.05) is 30.3 Å². The van der Waals surface area contributed by atoms with Crippen LogP contribution in [0.1, 0.15) is 37.4 Å². The molecule has 1 aliphatic carbocycles. The van der Waals surface area contributed by atoms with Gasteiger partial charge in [0.25, 0.3) is 0 Å². The molecule has 4 rings (SSSR count). The molecule has 3 fully saturated rings. The number of carbonyl (C=O) groups excluding carboxylic acids is 1. The summed E-state index contributed by atoms with van der Waals surface area (Å²) in [4.78, 5) is 26.2. The summed E-state index contributed by atoms with van der Waals surface area (Å²) in [6, 6.07) is 9.68. The highest BCUT2D eigenvalue weighted by Gasteiger charge is 2.56. The molecule has 25 heavy (non-hydrogen) atoms. The van der Waals surface area contributed by atoms with Gasteiger partial charge in [-0.15, -0.1) is 0 Å². The number of carbonyl (C=O) groups is 2. The minimum absolute atomic E-state index is 0.0730. The Hall–Kier alpha value is -2.08. The molecular formula is C19H24N2O4. The Labute approximate surface area is 147 Å². The molecule has 2 aliphatic heterocycles. The Bertz CT molecular complexity index is 665. The largest absolute Gasteiger partial charge is 0.481 e. The summed E-state index contributed by atoms with van der Waals surface area (Å²) in [6.45, 7) is 1.48. The van der Waals surface area contributed by atoms with E-state index < -0.39 is 11.4 Å². The van der Waals surface area contributed by atoms with Gasteiger partial charge in [-0.1, -0.05) is 36.8 Å². The van der Waals surface area contributed by atoms with Crippen molar-refractivity contribution in [3.05, 3.63) is 35.9 Å². The number of carboxylic acids is 1. The minimum Gasteiger partial charge on any atom is -0.481 e. The number of amides is 2. The van der Waals surface area contributed by atoms with Gasteiger partial charge in [0, 0.05) is 19.7 Å². The molecule has 134 valence electrons. The van der Waals surface area contributed by atoms with Crippen LogP contribution in [0.5, 0.6) is 0 Å². The average molecular weight is 344 g/mol. The fourth-order valence-corrected chi connectivity index (χ4v) is 4.75. The van der Waals surface area contributed by atoms with E-state index in [0.717, 1.165) is 24.8 Å². The third-order valence-electron chi connectivity index (χ3n) is 6.11. The maximum Gasteiger partial charge on any atom is 0.317 e. The van der Waals surface area contributed by atoms with Crippen molar-refractivity contribution >= 4 is 12.0 Å². The lowest BCUT2D eigenvalue weighted by atomic mass is 9.81. The predicted octanol–water partition coefficient (Wildman–Crippen LogP) is 2.41. The molecule has 6 heteroatoms. The molecule has 1 aromatic rings. The minimum atomic E-state index is -0.753. The highest BCUT2D eigenvalue weighted by molar-refractivity contribution is 5.80. The van der Waals surface area contributed by atoms with Gasteiger partial charge >= 0.3 is 12.0 Å². The van der Waals surface area contributed by atoms with Gasteiger partial charge in [-0.05, 0) is 30.7 Å². The van der Waals surface area contributed by atoms with Gasteiger partial charge in [-0.3, -0.25) is 4.79 Å². The second-order valence-corrected chi connectivity index (χ2v) is 7.48. The van der Waals surface area contributed by atoms with Gasteiger partial charge in [-0.2, -0.15) is 0 Å². The average Bonchev–Trinajstić information content (AvgIpc) is 3.29. The second-order valence-electron chi connectivity index (χ2n) is 7.48. The van der Waals surface area contributed by atoms with E-state index in [4.69, 9.17) is 4.74 Å². The Morgan fingerprint density at radius 3 is 2.76 bits per heavy atom. The number of fused-ring (bicyclic) bond motifs is 1. The third kappa shape index (κ3) is 2.78. The van der Waals surface area contributed by atoms with E-state index in [0.29, 0.717) is 26.1 Å². The lowest BCUT2D eigenvalue weighted by Gasteiger charge is -2.26.